The van der Waals surface area contributed by atoms with E-state index >= 15 is 0 Å². The van der Waals surface area contributed by atoms with Crippen molar-refractivity contribution >= 4 is 17.8 Å². The molecule has 2 atom stereocenters. The first-order chi connectivity index (χ1) is 7.93. The van der Waals surface area contributed by atoms with Crippen molar-refractivity contribution in [1.82, 2.24) is 0 Å². The summed E-state index contributed by atoms with van der Waals surface area (Å²) in [4.78, 5) is 28.7. The van der Waals surface area contributed by atoms with Gasteiger partial charge < -0.3 is 26.2 Å². The van der Waals surface area contributed by atoms with Crippen molar-refractivity contribution in [3.05, 3.63) is 12.2 Å². The smallest absolute Gasteiger partial charge is 0.332 e. The Kier molecular flexibility index (Phi) is 13.7. The third kappa shape index (κ3) is 23.7. The molecular formula is C10H19NO7. The van der Waals surface area contributed by atoms with Gasteiger partial charge in [-0.25, -0.2) is 9.59 Å². The minimum absolute atomic E-state index is 0.398. The molecule has 0 aliphatic rings. The summed E-state index contributed by atoms with van der Waals surface area (Å²) in [5.41, 5.74) is 5.09. The number of carboxylic acid groups (broad SMARTS) is 2. The third-order valence-electron chi connectivity index (χ3n) is 1.14. The molecule has 106 valence electrons. The molecule has 0 aromatic rings. The van der Waals surface area contributed by atoms with Crippen LogP contribution in [-0.2, 0) is 14.4 Å². The summed E-state index contributed by atoms with van der Waals surface area (Å²) >= 11 is 0. The first-order valence-corrected chi connectivity index (χ1v) is 4.70. The molecule has 0 saturated carbocycles. The van der Waals surface area contributed by atoms with Gasteiger partial charge in [0.05, 0.1) is 0 Å². The van der Waals surface area contributed by atoms with Crippen LogP contribution in [0.3, 0.4) is 0 Å². The van der Waals surface area contributed by atoms with Gasteiger partial charge in [0.2, 0.25) is 5.91 Å². The van der Waals surface area contributed by atoms with Gasteiger partial charge in [0.1, 0.15) is 12.2 Å². The van der Waals surface area contributed by atoms with E-state index in [1.807, 2.05) is 0 Å². The zero-order chi connectivity index (χ0) is 15.5. The van der Waals surface area contributed by atoms with E-state index in [0.29, 0.717) is 5.57 Å². The number of amides is 1. The summed E-state index contributed by atoms with van der Waals surface area (Å²) < 4.78 is 0. The van der Waals surface area contributed by atoms with E-state index in [0.717, 1.165) is 0 Å². The number of nitrogens with two attached hydrogens (primary N) is 1. The molecule has 0 spiro atoms. The number of carbonyl (C=O) groups excluding carboxylic acids is 1. The lowest BCUT2D eigenvalue weighted by atomic mass is 10.3. The van der Waals surface area contributed by atoms with Gasteiger partial charge in [0, 0.05) is 5.57 Å². The minimum Gasteiger partial charge on any atom is -0.479 e. The highest BCUT2D eigenvalue weighted by Gasteiger charge is 2.02. The Bertz CT molecular complexity index is 267. The monoisotopic (exact) mass is 265 g/mol. The van der Waals surface area contributed by atoms with Gasteiger partial charge >= 0.3 is 11.9 Å². The van der Waals surface area contributed by atoms with E-state index in [1.165, 1.54) is 13.8 Å². The molecule has 8 heteroatoms. The molecule has 2 unspecified atom stereocenters. The van der Waals surface area contributed by atoms with Crippen LogP contribution < -0.4 is 5.73 Å². The van der Waals surface area contributed by atoms with Gasteiger partial charge in [0.25, 0.3) is 0 Å². The summed E-state index contributed by atoms with van der Waals surface area (Å²) in [5, 5.41) is 31.5. The topological polar surface area (TPSA) is 158 Å². The molecule has 0 heterocycles. The van der Waals surface area contributed by atoms with Crippen molar-refractivity contribution in [2.45, 2.75) is 33.0 Å². The number of aliphatic hydroxyl groups excluding tert-OH is 2. The van der Waals surface area contributed by atoms with Crippen LogP contribution in [0.15, 0.2) is 12.2 Å². The quantitative estimate of drug-likeness (QED) is 0.407. The number of carbonyl (C=O) groups is 3. The van der Waals surface area contributed by atoms with Crippen LogP contribution in [-0.4, -0.2) is 50.5 Å². The van der Waals surface area contributed by atoms with Crippen molar-refractivity contribution in [3.63, 3.8) is 0 Å². The molecule has 0 aliphatic heterocycles. The van der Waals surface area contributed by atoms with E-state index in [9.17, 15) is 14.4 Å². The molecule has 0 aliphatic carbocycles. The van der Waals surface area contributed by atoms with Gasteiger partial charge in [0.15, 0.2) is 0 Å². The van der Waals surface area contributed by atoms with Crippen LogP contribution in [0.1, 0.15) is 20.8 Å². The second-order valence-electron chi connectivity index (χ2n) is 3.17. The highest BCUT2D eigenvalue weighted by molar-refractivity contribution is 5.90. The lowest BCUT2D eigenvalue weighted by Gasteiger charge is -1.89. The SMILES string of the molecule is C=C(C)C(N)=O.CC(O)C(=O)O.CC(O)C(=O)O. The van der Waals surface area contributed by atoms with Crippen molar-refractivity contribution in [3.8, 4) is 0 Å². The average Bonchev–Trinajstić information content (AvgIpc) is 2.18. The maximum atomic E-state index is 9.82. The van der Waals surface area contributed by atoms with Gasteiger partial charge in [-0.1, -0.05) is 6.58 Å². The standard InChI is InChI=1S/C4H7NO.2C3H6O3/c1-3(2)4(5)6;2*1-2(4)3(5)6/h1H2,2H3,(H2,5,6);2*2,4H,1H3,(H,5,6). The number of rotatable bonds is 3. The molecule has 0 aromatic carbocycles. The van der Waals surface area contributed by atoms with Gasteiger partial charge in [-0.15, -0.1) is 0 Å². The predicted molar refractivity (Wildman–Crippen MR) is 62.6 cm³/mol. The van der Waals surface area contributed by atoms with Gasteiger partial charge in [-0.2, -0.15) is 0 Å². The molecule has 1 amide bonds. The van der Waals surface area contributed by atoms with Crippen molar-refractivity contribution < 1.29 is 34.8 Å². The first kappa shape index (κ1) is 21.4. The van der Waals surface area contributed by atoms with Crippen LogP contribution in [0.25, 0.3) is 0 Å². The summed E-state index contributed by atoms with van der Waals surface area (Å²) in [6.45, 7) is 7.25. The molecule has 8 nitrogen and oxygen atoms in total. The fourth-order valence-corrected chi connectivity index (χ4v) is 0. The fourth-order valence-electron chi connectivity index (χ4n) is 0. The Hall–Kier alpha value is -1.93. The van der Waals surface area contributed by atoms with Crippen LogP contribution in [0.5, 0.6) is 0 Å². The molecule has 0 rings (SSSR count). The van der Waals surface area contributed by atoms with Crippen LogP contribution in [0, 0.1) is 0 Å². The Labute approximate surface area is 104 Å². The highest BCUT2D eigenvalue weighted by Crippen LogP contribution is 1.78. The number of hydrogen-bond acceptors (Lipinski definition) is 5. The number of hydrogen-bond donors (Lipinski definition) is 5. The molecule has 0 bridgehead atoms. The average molecular weight is 265 g/mol. The first-order valence-electron chi connectivity index (χ1n) is 4.70. The Morgan fingerprint density at radius 1 is 1.00 bits per heavy atom. The van der Waals surface area contributed by atoms with Crippen molar-refractivity contribution in [2.24, 2.45) is 5.73 Å². The number of primary amides is 1. The molecule has 0 saturated heterocycles. The van der Waals surface area contributed by atoms with Crippen molar-refractivity contribution in [2.75, 3.05) is 0 Å². The normalized spacial score (nSPS) is 11.6. The van der Waals surface area contributed by atoms with E-state index < -0.39 is 30.1 Å². The summed E-state index contributed by atoms with van der Waals surface area (Å²) in [7, 11) is 0. The maximum Gasteiger partial charge on any atom is 0.332 e. The van der Waals surface area contributed by atoms with Crippen molar-refractivity contribution in [1.29, 1.82) is 0 Å². The zero-order valence-corrected chi connectivity index (χ0v) is 10.5. The Morgan fingerprint density at radius 3 is 1.11 bits per heavy atom. The lowest BCUT2D eigenvalue weighted by molar-refractivity contribution is -0.146. The number of aliphatic hydroxyl groups is 2. The second-order valence-corrected chi connectivity index (χ2v) is 3.17. The molecule has 0 radical (unpaired) electrons. The van der Waals surface area contributed by atoms with Gasteiger partial charge in [-0.3, -0.25) is 4.79 Å². The summed E-state index contributed by atoms with van der Waals surface area (Å²) in [5.74, 6) is -2.81. The predicted octanol–water partition coefficient (Wildman–Crippen LogP) is -1.05. The summed E-state index contributed by atoms with van der Waals surface area (Å²) in [6.07, 6.45) is -2.46. The van der Waals surface area contributed by atoms with E-state index in [-0.39, 0.29) is 0 Å². The molecule has 0 fully saturated rings. The van der Waals surface area contributed by atoms with E-state index in [4.69, 9.17) is 26.2 Å². The second kappa shape index (κ2) is 11.6. The molecule has 6 N–H and O–H groups in total. The van der Waals surface area contributed by atoms with Crippen LogP contribution in [0.4, 0.5) is 0 Å². The third-order valence-corrected chi connectivity index (χ3v) is 1.14. The summed E-state index contributed by atoms with van der Waals surface area (Å²) in [6, 6.07) is 0. The molecular weight excluding hydrogens is 246 g/mol. The molecule has 18 heavy (non-hydrogen) atoms. The zero-order valence-electron chi connectivity index (χ0n) is 10.5. The Morgan fingerprint density at radius 2 is 1.11 bits per heavy atom. The fraction of sp³-hybridized carbons (Fsp3) is 0.500. The van der Waals surface area contributed by atoms with Crippen LogP contribution >= 0.6 is 0 Å². The number of carboxylic acids is 2. The van der Waals surface area contributed by atoms with Gasteiger partial charge in [-0.05, 0) is 20.8 Å². The molecule has 0 aromatic heterocycles. The maximum absolute atomic E-state index is 9.82. The largest absolute Gasteiger partial charge is 0.479 e. The van der Waals surface area contributed by atoms with Crippen LogP contribution in [0.2, 0.25) is 0 Å². The minimum atomic E-state index is -1.23. The van der Waals surface area contributed by atoms with E-state index in [1.54, 1.807) is 6.92 Å². The van der Waals surface area contributed by atoms with E-state index in [2.05, 4.69) is 6.58 Å². The Balaban J connectivity index is -0.000000187. The lowest BCUT2D eigenvalue weighted by Crippen LogP contribution is -2.13. The number of aliphatic carboxylic acids is 2. The highest BCUT2D eigenvalue weighted by atomic mass is 16.4.